The van der Waals surface area contributed by atoms with Crippen LogP contribution in [-0.4, -0.2) is 41.4 Å². The molecule has 1 aliphatic carbocycles. The van der Waals surface area contributed by atoms with Gasteiger partial charge < -0.3 is 24.5 Å². The fourth-order valence-corrected chi connectivity index (χ4v) is 5.76. The van der Waals surface area contributed by atoms with Crippen LogP contribution >= 0.6 is 0 Å². The number of aromatic nitrogens is 1. The fraction of sp³-hybridized carbons (Fsp3) is 0.467. The van der Waals surface area contributed by atoms with E-state index in [0.717, 1.165) is 49.6 Å². The molecule has 0 amide bonds. The standard InChI is InChI=1S/C30H34F2N2O5/c1-3-25-26(30(36)37)29(35)23-14-24(31)27(32)22(28(23)34(25)19-9-10-19)6-4-5-18-13-21(15-33-18)39-16-17-7-11-20(38-2)12-8-17/h7-8,11-12,14,18-19,21,33H,3-6,9-10,13,15-16H2,1-2H3,(H,36,37)/t18-,21-/m1/s1. The summed E-state index contributed by atoms with van der Waals surface area (Å²) in [5, 5.41) is 13.2. The van der Waals surface area contributed by atoms with Crippen molar-refractivity contribution in [3.63, 3.8) is 0 Å². The Labute approximate surface area is 225 Å². The van der Waals surface area contributed by atoms with E-state index in [-0.39, 0.29) is 41.1 Å². The van der Waals surface area contributed by atoms with Crippen LogP contribution in [0, 0.1) is 11.6 Å². The van der Waals surface area contributed by atoms with Gasteiger partial charge >= 0.3 is 5.97 Å². The van der Waals surface area contributed by atoms with Crippen molar-refractivity contribution in [2.75, 3.05) is 13.7 Å². The van der Waals surface area contributed by atoms with Crippen molar-refractivity contribution >= 4 is 16.9 Å². The average Bonchev–Trinajstić information content (AvgIpc) is 3.67. The van der Waals surface area contributed by atoms with Gasteiger partial charge in [0.25, 0.3) is 0 Å². The van der Waals surface area contributed by atoms with Crippen molar-refractivity contribution in [1.29, 1.82) is 0 Å². The number of hydrogen-bond donors (Lipinski definition) is 2. The largest absolute Gasteiger partial charge is 0.497 e. The first kappa shape index (κ1) is 27.3. The van der Waals surface area contributed by atoms with Crippen LogP contribution in [-0.2, 0) is 24.2 Å². The van der Waals surface area contributed by atoms with Crippen molar-refractivity contribution in [3.8, 4) is 5.75 Å². The zero-order chi connectivity index (χ0) is 27.7. The predicted octanol–water partition coefficient (Wildman–Crippen LogP) is 5.15. The van der Waals surface area contributed by atoms with Crippen LogP contribution in [0.1, 0.15) is 72.2 Å². The number of pyridine rings is 1. The number of fused-ring (bicyclic) bond motifs is 1. The number of benzene rings is 2. The molecule has 2 fully saturated rings. The van der Waals surface area contributed by atoms with Gasteiger partial charge in [-0.1, -0.05) is 19.1 Å². The Hall–Kier alpha value is -3.30. The second-order valence-corrected chi connectivity index (χ2v) is 10.5. The maximum Gasteiger partial charge on any atom is 0.341 e. The highest BCUT2D eigenvalue weighted by atomic mass is 19.2. The molecule has 0 spiro atoms. The number of aromatic carboxylic acids is 1. The van der Waals surface area contributed by atoms with E-state index in [4.69, 9.17) is 9.47 Å². The minimum atomic E-state index is -1.34. The molecule has 0 unspecified atom stereocenters. The van der Waals surface area contributed by atoms with Crippen molar-refractivity contribution in [3.05, 3.63) is 74.6 Å². The van der Waals surface area contributed by atoms with Gasteiger partial charge in [-0.2, -0.15) is 0 Å². The molecule has 1 aromatic heterocycles. The van der Waals surface area contributed by atoms with Crippen LogP contribution in [0.2, 0.25) is 0 Å². The Balaban J connectivity index is 1.31. The van der Waals surface area contributed by atoms with E-state index in [9.17, 15) is 19.1 Å². The summed E-state index contributed by atoms with van der Waals surface area (Å²) in [6.07, 6.45) is 4.38. The summed E-state index contributed by atoms with van der Waals surface area (Å²) >= 11 is 0. The van der Waals surface area contributed by atoms with Gasteiger partial charge in [0.15, 0.2) is 11.6 Å². The molecule has 0 bridgehead atoms. The number of ether oxygens (including phenoxy) is 2. The Morgan fingerprint density at radius 1 is 1.21 bits per heavy atom. The minimum Gasteiger partial charge on any atom is -0.497 e. The van der Waals surface area contributed by atoms with E-state index in [1.165, 1.54) is 0 Å². The molecular formula is C30H34F2N2O5. The van der Waals surface area contributed by atoms with Crippen molar-refractivity contribution in [2.24, 2.45) is 0 Å². The quantitative estimate of drug-likeness (QED) is 0.350. The minimum absolute atomic E-state index is 0.00938. The Bertz CT molecular complexity index is 1430. The maximum absolute atomic E-state index is 15.2. The number of carboxylic acid groups (broad SMARTS) is 1. The van der Waals surface area contributed by atoms with E-state index in [2.05, 4.69) is 5.32 Å². The first-order chi connectivity index (χ1) is 18.8. The number of rotatable bonds is 11. The van der Waals surface area contributed by atoms with Gasteiger partial charge in [0.1, 0.15) is 11.3 Å². The molecule has 3 aromatic rings. The number of methoxy groups -OCH3 is 1. The number of halogens is 2. The van der Waals surface area contributed by atoms with E-state index in [1.807, 2.05) is 24.3 Å². The molecule has 1 aliphatic heterocycles. The molecule has 1 saturated carbocycles. The van der Waals surface area contributed by atoms with Gasteiger partial charge in [0.2, 0.25) is 5.43 Å². The van der Waals surface area contributed by atoms with Crippen LogP contribution in [0.3, 0.4) is 0 Å². The zero-order valence-electron chi connectivity index (χ0n) is 22.3. The average molecular weight is 541 g/mol. The van der Waals surface area contributed by atoms with Gasteiger partial charge in [-0.05, 0) is 68.7 Å². The van der Waals surface area contributed by atoms with Gasteiger partial charge in [0.05, 0.1) is 25.3 Å². The molecule has 1 saturated heterocycles. The normalized spacial score (nSPS) is 19.1. The van der Waals surface area contributed by atoms with Crippen LogP contribution in [0.4, 0.5) is 8.78 Å². The zero-order valence-corrected chi connectivity index (χ0v) is 22.3. The third-order valence-corrected chi connectivity index (χ3v) is 7.85. The van der Waals surface area contributed by atoms with Crippen molar-refractivity contribution < 1.29 is 28.2 Å². The first-order valence-corrected chi connectivity index (χ1v) is 13.6. The van der Waals surface area contributed by atoms with Crippen LogP contribution in [0.25, 0.3) is 10.9 Å². The highest BCUT2D eigenvalue weighted by molar-refractivity contribution is 5.95. The molecule has 9 heteroatoms. The Morgan fingerprint density at radius 2 is 1.95 bits per heavy atom. The summed E-state index contributed by atoms with van der Waals surface area (Å²) in [4.78, 5) is 25.1. The summed E-state index contributed by atoms with van der Waals surface area (Å²) in [7, 11) is 1.63. The molecule has 2 heterocycles. The van der Waals surface area contributed by atoms with E-state index in [1.54, 1.807) is 18.6 Å². The maximum atomic E-state index is 15.2. The van der Waals surface area contributed by atoms with E-state index in [0.29, 0.717) is 30.7 Å². The molecule has 7 nitrogen and oxygen atoms in total. The highest BCUT2D eigenvalue weighted by Gasteiger charge is 2.33. The molecule has 208 valence electrons. The summed E-state index contributed by atoms with van der Waals surface area (Å²) in [6, 6.07) is 8.79. The Kier molecular flexibility index (Phi) is 8.00. The lowest BCUT2D eigenvalue weighted by Crippen LogP contribution is -2.25. The lowest BCUT2D eigenvalue weighted by atomic mass is 9.97. The van der Waals surface area contributed by atoms with E-state index >= 15 is 4.39 Å². The highest BCUT2D eigenvalue weighted by Crippen LogP contribution is 2.40. The topological polar surface area (TPSA) is 89.8 Å². The first-order valence-electron chi connectivity index (χ1n) is 13.6. The van der Waals surface area contributed by atoms with Crippen LogP contribution < -0.4 is 15.5 Å². The van der Waals surface area contributed by atoms with Gasteiger partial charge in [-0.3, -0.25) is 4.79 Å². The summed E-state index contributed by atoms with van der Waals surface area (Å²) in [5.74, 6) is -2.62. The number of hydrogen-bond acceptors (Lipinski definition) is 5. The number of carbonyl (C=O) groups is 1. The monoisotopic (exact) mass is 540 g/mol. The number of aryl methyl sites for hydroxylation is 1. The molecular weight excluding hydrogens is 506 g/mol. The summed E-state index contributed by atoms with van der Waals surface area (Å²) in [5.41, 5.74) is 0.857. The van der Waals surface area contributed by atoms with Crippen molar-refractivity contribution in [2.45, 2.75) is 76.7 Å². The number of nitrogens with one attached hydrogen (secondary N) is 1. The van der Waals surface area contributed by atoms with Crippen LogP contribution in [0.15, 0.2) is 35.1 Å². The van der Waals surface area contributed by atoms with E-state index < -0.39 is 23.0 Å². The van der Waals surface area contributed by atoms with Crippen LogP contribution in [0.5, 0.6) is 5.75 Å². The smallest absolute Gasteiger partial charge is 0.341 e. The summed E-state index contributed by atoms with van der Waals surface area (Å²) < 4.78 is 43.0. The fourth-order valence-electron chi connectivity index (χ4n) is 5.76. The molecule has 2 aromatic carbocycles. The lowest BCUT2D eigenvalue weighted by Gasteiger charge is -2.21. The van der Waals surface area contributed by atoms with Crippen molar-refractivity contribution in [1.82, 2.24) is 9.88 Å². The predicted molar refractivity (Wildman–Crippen MR) is 144 cm³/mol. The SMILES string of the molecule is CCc1c(C(=O)O)c(=O)c2cc(F)c(F)c(CCC[C@@H]3C[C@@H](OCc4ccc(OC)cc4)CN3)c2n1C1CC1. The molecule has 2 atom stereocenters. The van der Waals surface area contributed by atoms with Gasteiger partial charge in [-0.15, -0.1) is 0 Å². The molecule has 0 radical (unpaired) electrons. The second kappa shape index (κ2) is 11.4. The third-order valence-electron chi connectivity index (χ3n) is 7.85. The third kappa shape index (κ3) is 5.56. The van der Waals surface area contributed by atoms with Gasteiger partial charge in [-0.25, -0.2) is 13.6 Å². The molecule has 2 aliphatic rings. The summed E-state index contributed by atoms with van der Waals surface area (Å²) in [6.45, 7) is 3.00. The number of nitrogens with zero attached hydrogens (tertiary/aromatic N) is 1. The Morgan fingerprint density at radius 3 is 2.59 bits per heavy atom. The number of carboxylic acids is 1. The molecule has 39 heavy (non-hydrogen) atoms. The molecule has 2 N–H and O–H groups in total. The molecule has 5 rings (SSSR count). The van der Waals surface area contributed by atoms with Gasteiger partial charge in [0, 0.05) is 35.3 Å². The second-order valence-electron chi connectivity index (χ2n) is 10.5. The lowest BCUT2D eigenvalue weighted by molar-refractivity contribution is 0.0523.